The Kier molecular flexibility index (Phi) is 1.93. The van der Waals surface area contributed by atoms with Gasteiger partial charge in [-0.05, 0) is 13.3 Å². The SMILES string of the molecule is CC(O)(C#N)C1CCOC1. The quantitative estimate of drug-likeness (QED) is 0.534. The Hall–Kier alpha value is -0.590. The standard InChI is InChI=1S/C7H11NO2/c1-7(9,5-8)6-2-3-10-4-6/h6,9H,2-4H2,1H3. The van der Waals surface area contributed by atoms with E-state index < -0.39 is 5.60 Å². The minimum absolute atomic E-state index is 0.00231. The predicted octanol–water partition coefficient (Wildman–Crippen LogP) is 0.297. The van der Waals surface area contributed by atoms with Crippen LogP contribution in [0.25, 0.3) is 0 Å². The molecule has 3 nitrogen and oxygen atoms in total. The zero-order valence-corrected chi connectivity index (χ0v) is 6.00. The molecular formula is C7H11NO2. The Morgan fingerprint density at radius 3 is 2.90 bits per heavy atom. The highest BCUT2D eigenvalue weighted by Crippen LogP contribution is 2.24. The summed E-state index contributed by atoms with van der Waals surface area (Å²) in [5.74, 6) is -0.00231. The highest BCUT2D eigenvalue weighted by atomic mass is 16.5. The van der Waals surface area contributed by atoms with Crippen LogP contribution in [0.1, 0.15) is 13.3 Å². The van der Waals surface area contributed by atoms with Gasteiger partial charge in [0.2, 0.25) is 0 Å². The van der Waals surface area contributed by atoms with Gasteiger partial charge in [0.15, 0.2) is 5.60 Å². The van der Waals surface area contributed by atoms with Gasteiger partial charge in [-0.25, -0.2) is 0 Å². The molecule has 0 spiro atoms. The van der Waals surface area contributed by atoms with Gasteiger partial charge in [-0.3, -0.25) is 0 Å². The summed E-state index contributed by atoms with van der Waals surface area (Å²) in [6.07, 6.45) is 0.792. The summed E-state index contributed by atoms with van der Waals surface area (Å²) < 4.78 is 5.03. The Balaban J connectivity index is 2.56. The summed E-state index contributed by atoms with van der Waals surface area (Å²) in [4.78, 5) is 0. The Bertz CT molecular complexity index is 153. The second kappa shape index (κ2) is 2.57. The molecular weight excluding hydrogens is 130 g/mol. The van der Waals surface area contributed by atoms with Crippen molar-refractivity contribution < 1.29 is 9.84 Å². The lowest BCUT2D eigenvalue weighted by molar-refractivity contribution is 0.0456. The van der Waals surface area contributed by atoms with Crippen molar-refractivity contribution in [1.82, 2.24) is 0 Å². The summed E-state index contributed by atoms with van der Waals surface area (Å²) in [5.41, 5.74) is -1.20. The first-order valence-corrected chi connectivity index (χ1v) is 3.38. The molecule has 1 N–H and O–H groups in total. The third-order valence-corrected chi connectivity index (χ3v) is 1.95. The lowest BCUT2D eigenvalue weighted by Gasteiger charge is -2.19. The van der Waals surface area contributed by atoms with Crippen LogP contribution in [0.15, 0.2) is 0 Å². The van der Waals surface area contributed by atoms with Crippen molar-refractivity contribution in [3.05, 3.63) is 0 Å². The number of hydrogen-bond acceptors (Lipinski definition) is 3. The van der Waals surface area contributed by atoms with Gasteiger partial charge in [0.25, 0.3) is 0 Å². The number of hydrogen-bond donors (Lipinski definition) is 1. The fourth-order valence-electron chi connectivity index (χ4n) is 1.07. The van der Waals surface area contributed by atoms with Gasteiger partial charge in [-0.15, -0.1) is 0 Å². The lowest BCUT2D eigenvalue weighted by atomic mass is 9.90. The molecule has 1 heterocycles. The molecule has 0 aromatic carbocycles. The zero-order chi connectivity index (χ0) is 7.61. The highest BCUT2D eigenvalue weighted by molar-refractivity contribution is 5.02. The molecule has 0 aliphatic carbocycles. The topological polar surface area (TPSA) is 53.2 Å². The molecule has 1 aliphatic rings. The largest absolute Gasteiger partial charge is 0.381 e. The van der Waals surface area contributed by atoms with Crippen LogP contribution >= 0.6 is 0 Å². The van der Waals surface area contributed by atoms with Gasteiger partial charge < -0.3 is 9.84 Å². The van der Waals surface area contributed by atoms with Crippen molar-refractivity contribution in [2.75, 3.05) is 13.2 Å². The molecule has 0 amide bonds. The predicted molar refractivity (Wildman–Crippen MR) is 35.2 cm³/mol. The minimum atomic E-state index is -1.20. The molecule has 0 aromatic heterocycles. The van der Waals surface area contributed by atoms with Crippen LogP contribution < -0.4 is 0 Å². The van der Waals surface area contributed by atoms with Gasteiger partial charge in [0.1, 0.15) is 0 Å². The van der Waals surface area contributed by atoms with E-state index in [9.17, 15) is 5.11 Å². The van der Waals surface area contributed by atoms with Crippen LogP contribution in [-0.2, 0) is 4.74 Å². The van der Waals surface area contributed by atoms with Crippen LogP contribution in [0.4, 0.5) is 0 Å². The molecule has 1 rings (SSSR count). The lowest BCUT2D eigenvalue weighted by Crippen LogP contribution is -2.32. The number of aliphatic hydroxyl groups is 1. The van der Waals surface area contributed by atoms with Crippen molar-refractivity contribution in [2.24, 2.45) is 5.92 Å². The summed E-state index contributed by atoms with van der Waals surface area (Å²) in [5, 5.41) is 17.9. The average molecular weight is 141 g/mol. The van der Waals surface area contributed by atoms with Gasteiger partial charge in [-0.1, -0.05) is 0 Å². The molecule has 56 valence electrons. The fourth-order valence-corrected chi connectivity index (χ4v) is 1.07. The normalized spacial score (nSPS) is 31.1. The summed E-state index contributed by atoms with van der Waals surface area (Å²) >= 11 is 0. The van der Waals surface area contributed by atoms with E-state index in [4.69, 9.17) is 10.00 Å². The molecule has 0 saturated carbocycles. The molecule has 10 heavy (non-hydrogen) atoms. The first-order chi connectivity index (χ1) is 4.67. The van der Waals surface area contributed by atoms with E-state index in [1.807, 2.05) is 6.07 Å². The number of nitriles is 1. The maximum atomic E-state index is 9.38. The molecule has 1 fully saturated rings. The highest BCUT2D eigenvalue weighted by Gasteiger charge is 2.34. The second-order valence-electron chi connectivity index (χ2n) is 2.82. The van der Waals surface area contributed by atoms with Gasteiger partial charge in [0.05, 0.1) is 12.7 Å². The molecule has 2 atom stereocenters. The number of rotatable bonds is 1. The van der Waals surface area contributed by atoms with E-state index in [1.54, 1.807) is 0 Å². The van der Waals surface area contributed by atoms with Crippen molar-refractivity contribution in [3.63, 3.8) is 0 Å². The van der Waals surface area contributed by atoms with Gasteiger partial charge >= 0.3 is 0 Å². The maximum absolute atomic E-state index is 9.38. The van der Waals surface area contributed by atoms with Gasteiger partial charge in [-0.2, -0.15) is 5.26 Å². The van der Waals surface area contributed by atoms with Crippen LogP contribution in [0.5, 0.6) is 0 Å². The van der Waals surface area contributed by atoms with E-state index in [1.165, 1.54) is 6.92 Å². The first-order valence-electron chi connectivity index (χ1n) is 3.38. The maximum Gasteiger partial charge on any atom is 0.153 e. The Labute approximate surface area is 60.2 Å². The molecule has 2 unspecified atom stereocenters. The van der Waals surface area contributed by atoms with E-state index in [0.717, 1.165) is 6.42 Å². The Morgan fingerprint density at radius 1 is 1.80 bits per heavy atom. The van der Waals surface area contributed by atoms with E-state index in [-0.39, 0.29) is 5.92 Å². The minimum Gasteiger partial charge on any atom is -0.381 e. The molecule has 0 radical (unpaired) electrons. The summed E-state index contributed by atoms with van der Waals surface area (Å²) in [6.45, 7) is 2.72. The van der Waals surface area contributed by atoms with Crippen LogP contribution in [0.2, 0.25) is 0 Å². The van der Waals surface area contributed by atoms with Crippen molar-refractivity contribution in [3.8, 4) is 6.07 Å². The Morgan fingerprint density at radius 2 is 2.50 bits per heavy atom. The van der Waals surface area contributed by atoms with Crippen molar-refractivity contribution in [1.29, 1.82) is 5.26 Å². The van der Waals surface area contributed by atoms with E-state index >= 15 is 0 Å². The monoisotopic (exact) mass is 141 g/mol. The number of nitrogens with zero attached hydrogens (tertiary/aromatic N) is 1. The molecule has 1 aliphatic heterocycles. The third kappa shape index (κ3) is 1.28. The fraction of sp³-hybridized carbons (Fsp3) is 0.857. The van der Waals surface area contributed by atoms with Gasteiger partial charge in [0, 0.05) is 12.5 Å². The summed E-state index contributed by atoms with van der Waals surface area (Å²) in [7, 11) is 0. The third-order valence-electron chi connectivity index (χ3n) is 1.95. The molecule has 0 bridgehead atoms. The van der Waals surface area contributed by atoms with Crippen LogP contribution in [0.3, 0.4) is 0 Å². The zero-order valence-electron chi connectivity index (χ0n) is 6.00. The van der Waals surface area contributed by atoms with Crippen LogP contribution in [-0.4, -0.2) is 23.9 Å². The van der Waals surface area contributed by atoms with E-state index in [0.29, 0.717) is 13.2 Å². The van der Waals surface area contributed by atoms with Crippen LogP contribution in [0, 0.1) is 17.2 Å². The second-order valence-corrected chi connectivity index (χ2v) is 2.82. The number of ether oxygens (including phenoxy) is 1. The first kappa shape index (κ1) is 7.52. The smallest absolute Gasteiger partial charge is 0.153 e. The average Bonchev–Trinajstić information content (AvgIpc) is 2.38. The summed E-state index contributed by atoms with van der Waals surface area (Å²) in [6, 6.07) is 1.86. The van der Waals surface area contributed by atoms with Crippen molar-refractivity contribution in [2.45, 2.75) is 18.9 Å². The molecule has 3 heteroatoms. The van der Waals surface area contributed by atoms with Crippen molar-refractivity contribution >= 4 is 0 Å². The van der Waals surface area contributed by atoms with E-state index in [2.05, 4.69) is 0 Å². The molecule has 0 aromatic rings. The molecule has 1 saturated heterocycles.